The van der Waals surface area contributed by atoms with Crippen LogP contribution in [-0.2, 0) is 4.79 Å². The minimum atomic E-state index is -0.831. The second-order valence-electron chi connectivity index (χ2n) is 4.61. The molecule has 1 unspecified atom stereocenters. The molecule has 0 saturated heterocycles. The third kappa shape index (κ3) is 4.62. The molecule has 19 heavy (non-hydrogen) atoms. The molecular weight excluding hydrogens is 246 g/mol. The fraction of sp³-hybridized carbons (Fsp3) is 0.429. The predicted molar refractivity (Wildman–Crippen MR) is 71.3 cm³/mol. The van der Waals surface area contributed by atoms with Gasteiger partial charge in [0.1, 0.15) is 5.75 Å². The van der Waals surface area contributed by atoms with Gasteiger partial charge in [0.15, 0.2) is 0 Å². The molecule has 5 nitrogen and oxygen atoms in total. The number of carbonyl (C=O) groups is 2. The van der Waals surface area contributed by atoms with Crippen LogP contribution in [0.2, 0.25) is 0 Å². The van der Waals surface area contributed by atoms with Gasteiger partial charge in [-0.2, -0.15) is 0 Å². The minimum Gasteiger partial charge on any atom is -0.508 e. The number of amides is 1. The fourth-order valence-electron chi connectivity index (χ4n) is 1.80. The highest BCUT2D eigenvalue weighted by Crippen LogP contribution is 2.19. The number of nitrogens with one attached hydrogen (secondary N) is 1. The summed E-state index contributed by atoms with van der Waals surface area (Å²) in [5, 5.41) is 20.9. The maximum Gasteiger partial charge on any atom is 0.303 e. The lowest BCUT2D eigenvalue weighted by molar-refractivity contribution is -0.137. The molecular formula is C14H19NO4. The number of rotatable bonds is 6. The van der Waals surface area contributed by atoms with Gasteiger partial charge in [-0.25, -0.2) is 0 Å². The Bertz CT molecular complexity index is 471. The molecule has 0 spiro atoms. The molecule has 3 N–H and O–H groups in total. The summed E-state index contributed by atoms with van der Waals surface area (Å²) in [5.41, 5.74) is 0.975. The molecule has 0 aliphatic carbocycles. The van der Waals surface area contributed by atoms with Crippen molar-refractivity contribution in [2.45, 2.75) is 39.2 Å². The van der Waals surface area contributed by atoms with Gasteiger partial charge in [0, 0.05) is 23.6 Å². The van der Waals surface area contributed by atoms with E-state index >= 15 is 0 Å². The smallest absolute Gasteiger partial charge is 0.303 e. The highest BCUT2D eigenvalue weighted by atomic mass is 16.4. The molecule has 0 fully saturated rings. The molecule has 0 saturated carbocycles. The van der Waals surface area contributed by atoms with Crippen LogP contribution in [0.15, 0.2) is 18.2 Å². The van der Waals surface area contributed by atoms with E-state index in [-0.39, 0.29) is 24.1 Å². The van der Waals surface area contributed by atoms with Gasteiger partial charge in [-0.15, -0.1) is 0 Å². The quantitative estimate of drug-likeness (QED) is 0.735. The summed E-state index contributed by atoms with van der Waals surface area (Å²) in [7, 11) is 0. The first-order valence-electron chi connectivity index (χ1n) is 6.23. The van der Waals surface area contributed by atoms with Gasteiger partial charge in [-0.3, -0.25) is 9.59 Å². The van der Waals surface area contributed by atoms with E-state index in [0.717, 1.165) is 0 Å². The Kier molecular flexibility index (Phi) is 5.36. The topological polar surface area (TPSA) is 86.6 Å². The molecule has 0 radical (unpaired) electrons. The van der Waals surface area contributed by atoms with Crippen LogP contribution in [0.5, 0.6) is 5.75 Å². The Balaban J connectivity index is 2.54. The summed E-state index contributed by atoms with van der Waals surface area (Å²) in [6.45, 7) is 3.51. The van der Waals surface area contributed by atoms with Crippen molar-refractivity contribution in [3.8, 4) is 5.75 Å². The predicted octanol–water partition coefficient (Wildman–Crippen LogP) is 2.07. The molecule has 0 aromatic heterocycles. The first-order valence-corrected chi connectivity index (χ1v) is 6.23. The summed E-state index contributed by atoms with van der Waals surface area (Å²) in [5.74, 6) is -0.996. The summed E-state index contributed by atoms with van der Waals surface area (Å²) in [6.07, 6.45) is 1.23. The lowest BCUT2D eigenvalue weighted by Crippen LogP contribution is -2.33. The second-order valence-corrected chi connectivity index (χ2v) is 4.61. The van der Waals surface area contributed by atoms with Crippen LogP contribution in [0, 0.1) is 6.92 Å². The van der Waals surface area contributed by atoms with Crippen molar-refractivity contribution in [3.05, 3.63) is 29.3 Å². The van der Waals surface area contributed by atoms with Gasteiger partial charge in [0.05, 0.1) is 0 Å². The fourth-order valence-corrected chi connectivity index (χ4v) is 1.80. The number of aliphatic carboxylic acids is 1. The zero-order valence-corrected chi connectivity index (χ0v) is 11.1. The Morgan fingerprint density at radius 2 is 2.05 bits per heavy atom. The van der Waals surface area contributed by atoms with Crippen molar-refractivity contribution in [1.29, 1.82) is 0 Å². The number of carbonyl (C=O) groups excluding carboxylic acids is 1. The summed E-state index contributed by atoms with van der Waals surface area (Å²) < 4.78 is 0. The molecule has 0 aliphatic rings. The van der Waals surface area contributed by atoms with Crippen LogP contribution in [0.1, 0.15) is 42.1 Å². The van der Waals surface area contributed by atoms with Crippen molar-refractivity contribution < 1.29 is 19.8 Å². The average molecular weight is 265 g/mol. The minimum absolute atomic E-state index is 0.0891. The number of carboxylic acids is 1. The van der Waals surface area contributed by atoms with E-state index in [1.807, 2.05) is 6.92 Å². The largest absolute Gasteiger partial charge is 0.508 e. The van der Waals surface area contributed by atoms with Crippen molar-refractivity contribution in [1.82, 2.24) is 5.32 Å². The molecule has 1 amide bonds. The second kappa shape index (κ2) is 6.78. The third-order valence-corrected chi connectivity index (χ3v) is 2.96. The Morgan fingerprint density at radius 1 is 1.37 bits per heavy atom. The lowest BCUT2D eigenvalue weighted by Gasteiger charge is -2.14. The summed E-state index contributed by atoms with van der Waals surface area (Å²) in [4.78, 5) is 22.4. The van der Waals surface area contributed by atoms with Gasteiger partial charge >= 0.3 is 5.97 Å². The Hall–Kier alpha value is -2.04. The zero-order chi connectivity index (χ0) is 14.4. The number of carboxylic acid groups (broad SMARTS) is 1. The highest BCUT2D eigenvalue weighted by molar-refractivity contribution is 5.96. The number of aromatic hydroxyl groups is 1. The van der Waals surface area contributed by atoms with Crippen molar-refractivity contribution in [3.63, 3.8) is 0 Å². The number of phenolic OH excluding ortho intramolecular Hbond substituents is 1. The van der Waals surface area contributed by atoms with E-state index in [2.05, 4.69) is 5.32 Å². The molecule has 0 bridgehead atoms. The monoisotopic (exact) mass is 265 g/mol. The van der Waals surface area contributed by atoms with E-state index < -0.39 is 5.97 Å². The van der Waals surface area contributed by atoms with Gasteiger partial charge < -0.3 is 15.5 Å². The van der Waals surface area contributed by atoms with E-state index in [4.69, 9.17) is 5.11 Å². The molecule has 0 aliphatic heterocycles. The van der Waals surface area contributed by atoms with Crippen molar-refractivity contribution in [2.24, 2.45) is 0 Å². The van der Waals surface area contributed by atoms with Crippen molar-refractivity contribution in [2.75, 3.05) is 0 Å². The molecule has 1 atom stereocenters. The Labute approximate surface area is 112 Å². The van der Waals surface area contributed by atoms with Crippen LogP contribution in [0.25, 0.3) is 0 Å². The van der Waals surface area contributed by atoms with Crippen LogP contribution in [0.4, 0.5) is 0 Å². The van der Waals surface area contributed by atoms with Crippen LogP contribution < -0.4 is 5.32 Å². The van der Waals surface area contributed by atoms with Crippen LogP contribution >= 0.6 is 0 Å². The summed E-state index contributed by atoms with van der Waals surface area (Å²) >= 11 is 0. The normalized spacial score (nSPS) is 11.9. The number of hydrogen-bond acceptors (Lipinski definition) is 3. The molecule has 5 heteroatoms. The lowest BCUT2D eigenvalue weighted by atomic mass is 10.1. The van der Waals surface area contributed by atoms with Gasteiger partial charge in [-0.05, 0) is 38.8 Å². The molecule has 104 valence electrons. The third-order valence-electron chi connectivity index (χ3n) is 2.96. The summed E-state index contributed by atoms with van der Waals surface area (Å²) in [6, 6.07) is 4.69. The van der Waals surface area contributed by atoms with Gasteiger partial charge in [0.25, 0.3) is 5.91 Å². The molecule has 0 heterocycles. The molecule has 1 aromatic rings. The van der Waals surface area contributed by atoms with Gasteiger partial charge in [0.2, 0.25) is 0 Å². The standard InChI is InChI=1S/C14H19NO4/c1-9(5-3-8-13(17)18)15-14(19)11-6-4-7-12(16)10(11)2/h4,6-7,9,16H,3,5,8H2,1-2H3,(H,15,19)(H,17,18). The zero-order valence-electron chi connectivity index (χ0n) is 11.1. The van der Waals surface area contributed by atoms with Crippen LogP contribution in [0.3, 0.4) is 0 Å². The first kappa shape index (κ1) is 15.0. The van der Waals surface area contributed by atoms with Gasteiger partial charge in [-0.1, -0.05) is 6.07 Å². The highest BCUT2D eigenvalue weighted by Gasteiger charge is 2.13. The SMILES string of the molecule is Cc1c(O)cccc1C(=O)NC(C)CCCC(=O)O. The molecule has 1 rings (SSSR count). The van der Waals surface area contributed by atoms with Crippen LogP contribution in [-0.4, -0.2) is 28.1 Å². The van der Waals surface area contributed by atoms with E-state index in [1.54, 1.807) is 19.1 Å². The van der Waals surface area contributed by atoms with Crippen molar-refractivity contribution >= 4 is 11.9 Å². The van der Waals surface area contributed by atoms with E-state index in [1.165, 1.54) is 6.07 Å². The number of benzene rings is 1. The maximum absolute atomic E-state index is 12.0. The van der Waals surface area contributed by atoms with E-state index in [0.29, 0.717) is 24.0 Å². The number of hydrogen-bond donors (Lipinski definition) is 3. The van der Waals surface area contributed by atoms with E-state index in [9.17, 15) is 14.7 Å². The Morgan fingerprint density at radius 3 is 2.68 bits per heavy atom. The number of phenols is 1. The molecule has 1 aromatic carbocycles. The first-order chi connectivity index (χ1) is 8.91. The average Bonchev–Trinajstić information content (AvgIpc) is 2.31. The maximum atomic E-state index is 12.0.